The van der Waals surface area contributed by atoms with Crippen LogP contribution in [0.15, 0.2) is 24.3 Å². The largest absolute Gasteiger partial charge is 0.477 e. The van der Waals surface area contributed by atoms with E-state index in [9.17, 15) is 9.90 Å². The highest BCUT2D eigenvalue weighted by Crippen LogP contribution is 2.36. The summed E-state index contributed by atoms with van der Waals surface area (Å²) in [6.07, 6.45) is 20.6. The average molecular weight is 537 g/mol. The number of carboxylic acid groups (broad SMARTS) is 1. The molecule has 7 heteroatoms. The van der Waals surface area contributed by atoms with Crippen molar-refractivity contribution in [1.29, 1.82) is 0 Å². The molecule has 0 aromatic carbocycles. The van der Waals surface area contributed by atoms with Crippen molar-refractivity contribution in [3.63, 3.8) is 0 Å². The van der Waals surface area contributed by atoms with Gasteiger partial charge in [-0.1, -0.05) is 37.6 Å². The molecule has 7 nitrogen and oxygen atoms in total. The van der Waals surface area contributed by atoms with Gasteiger partial charge in [-0.25, -0.2) is 4.79 Å². The molecule has 2 heterocycles. The molecule has 3 fully saturated rings. The van der Waals surface area contributed by atoms with Crippen molar-refractivity contribution in [2.45, 2.75) is 135 Å². The van der Waals surface area contributed by atoms with E-state index in [0.717, 1.165) is 51.6 Å². The van der Waals surface area contributed by atoms with Gasteiger partial charge in [0.2, 0.25) is 0 Å². The van der Waals surface area contributed by atoms with Crippen LogP contribution in [0.2, 0.25) is 0 Å². The van der Waals surface area contributed by atoms with E-state index in [0.29, 0.717) is 44.3 Å². The van der Waals surface area contributed by atoms with Crippen LogP contribution in [0.1, 0.15) is 111 Å². The molecule has 4 atom stereocenters. The normalized spacial score (nSPS) is 28.7. The Kier molecular flexibility index (Phi) is 13.3. The zero-order valence-corrected chi connectivity index (χ0v) is 24.0. The summed E-state index contributed by atoms with van der Waals surface area (Å²) in [4.78, 5) is 12.5. The third kappa shape index (κ3) is 10.4. The van der Waals surface area contributed by atoms with Crippen LogP contribution in [0.25, 0.3) is 0 Å². The fraction of sp³-hybridized carbons (Fsp3) is 0.839. The number of rotatable bonds is 16. The van der Waals surface area contributed by atoms with E-state index in [-0.39, 0.29) is 12.0 Å². The van der Waals surface area contributed by atoms with Crippen LogP contribution >= 0.6 is 0 Å². The summed E-state index contributed by atoms with van der Waals surface area (Å²) in [5, 5.41) is 10.2. The lowest BCUT2D eigenvalue weighted by Crippen LogP contribution is -2.51. The minimum absolute atomic E-state index is 0.118. The number of carboxylic acids is 1. The summed E-state index contributed by atoms with van der Waals surface area (Å²) < 4.78 is 29.5. The molecule has 0 amide bonds. The Labute approximate surface area is 230 Å². The molecule has 218 valence electrons. The summed E-state index contributed by atoms with van der Waals surface area (Å²) in [5.74, 6) is -1.65. The van der Waals surface area contributed by atoms with Gasteiger partial charge in [0.05, 0.1) is 5.60 Å². The molecule has 1 aliphatic carbocycles. The Morgan fingerprint density at radius 3 is 2.18 bits per heavy atom. The molecule has 2 aliphatic heterocycles. The smallest absolute Gasteiger partial charge is 0.364 e. The SMILES string of the molecule is CCCOC(C)(C)C/C=C/[C@H]1CCC[C@@H]1C/C=C\CCC(OC1CCCCO1)(OC1CCCCO1)C(=O)O. The number of carbonyl (C=O) groups is 1. The molecule has 0 radical (unpaired) electrons. The first kappa shape index (κ1) is 31.3. The molecule has 0 aromatic rings. The third-order valence-corrected chi connectivity index (χ3v) is 7.90. The highest BCUT2D eigenvalue weighted by molar-refractivity contribution is 5.75. The lowest BCUT2D eigenvalue weighted by molar-refractivity contribution is -0.352. The second-order valence-electron chi connectivity index (χ2n) is 11.7. The summed E-state index contributed by atoms with van der Waals surface area (Å²) in [6.45, 7) is 8.43. The first-order valence-electron chi connectivity index (χ1n) is 15.1. The van der Waals surface area contributed by atoms with E-state index >= 15 is 0 Å². The Morgan fingerprint density at radius 1 is 0.921 bits per heavy atom. The lowest BCUT2D eigenvalue weighted by atomic mass is 9.91. The van der Waals surface area contributed by atoms with Gasteiger partial charge in [0, 0.05) is 26.2 Å². The van der Waals surface area contributed by atoms with Crippen molar-refractivity contribution in [1.82, 2.24) is 0 Å². The Bertz CT molecular complexity index is 715. The summed E-state index contributed by atoms with van der Waals surface area (Å²) in [6, 6.07) is 0. The topological polar surface area (TPSA) is 83.5 Å². The molecular weight excluding hydrogens is 484 g/mol. The number of allylic oxidation sites excluding steroid dienone is 3. The highest BCUT2D eigenvalue weighted by Gasteiger charge is 2.46. The van der Waals surface area contributed by atoms with Crippen LogP contribution in [-0.4, -0.2) is 54.9 Å². The third-order valence-electron chi connectivity index (χ3n) is 7.90. The van der Waals surface area contributed by atoms with Crippen molar-refractivity contribution in [2.24, 2.45) is 11.8 Å². The molecular formula is C31H52O7. The van der Waals surface area contributed by atoms with Crippen LogP contribution in [-0.2, 0) is 28.5 Å². The number of hydrogen-bond acceptors (Lipinski definition) is 6. The second-order valence-corrected chi connectivity index (χ2v) is 11.7. The summed E-state index contributed by atoms with van der Waals surface area (Å²) in [7, 11) is 0. The van der Waals surface area contributed by atoms with E-state index in [1.54, 1.807) is 0 Å². The maximum absolute atomic E-state index is 12.5. The van der Waals surface area contributed by atoms with Crippen molar-refractivity contribution in [2.75, 3.05) is 19.8 Å². The molecule has 0 spiro atoms. The van der Waals surface area contributed by atoms with Crippen LogP contribution in [0.3, 0.4) is 0 Å². The molecule has 1 N–H and O–H groups in total. The quantitative estimate of drug-likeness (QED) is 0.166. The molecule has 38 heavy (non-hydrogen) atoms. The van der Waals surface area contributed by atoms with E-state index in [4.69, 9.17) is 23.7 Å². The van der Waals surface area contributed by atoms with Crippen molar-refractivity contribution >= 4 is 5.97 Å². The molecule has 1 saturated carbocycles. The molecule has 0 bridgehead atoms. The van der Waals surface area contributed by atoms with Crippen molar-refractivity contribution < 1.29 is 33.6 Å². The predicted octanol–water partition coefficient (Wildman–Crippen LogP) is 7.15. The van der Waals surface area contributed by atoms with Gasteiger partial charge < -0.3 is 28.8 Å². The zero-order valence-electron chi connectivity index (χ0n) is 24.0. The number of ether oxygens (including phenoxy) is 5. The van der Waals surface area contributed by atoms with E-state index in [2.05, 4.69) is 45.1 Å². The second kappa shape index (κ2) is 16.1. The molecule has 2 unspecified atom stereocenters. The monoisotopic (exact) mass is 536 g/mol. The van der Waals surface area contributed by atoms with Crippen LogP contribution < -0.4 is 0 Å². The van der Waals surface area contributed by atoms with E-state index in [1.807, 2.05) is 0 Å². The number of aliphatic carboxylic acids is 1. The van der Waals surface area contributed by atoms with Gasteiger partial charge in [0.1, 0.15) is 0 Å². The Hall–Kier alpha value is -1.25. The molecule has 2 saturated heterocycles. The average Bonchev–Trinajstić information content (AvgIpc) is 3.35. The van der Waals surface area contributed by atoms with Gasteiger partial charge in [0.15, 0.2) is 12.6 Å². The fourth-order valence-corrected chi connectivity index (χ4v) is 5.62. The molecule has 0 aromatic heterocycles. The Balaban J connectivity index is 1.53. The number of hydrogen-bond donors (Lipinski definition) is 1. The summed E-state index contributed by atoms with van der Waals surface area (Å²) >= 11 is 0. The zero-order chi connectivity index (χ0) is 27.3. The van der Waals surface area contributed by atoms with Gasteiger partial charge in [-0.15, -0.1) is 0 Å². The van der Waals surface area contributed by atoms with Crippen molar-refractivity contribution in [3.8, 4) is 0 Å². The van der Waals surface area contributed by atoms with E-state index in [1.165, 1.54) is 19.3 Å². The summed E-state index contributed by atoms with van der Waals surface area (Å²) in [5.41, 5.74) is -0.118. The van der Waals surface area contributed by atoms with E-state index < -0.39 is 24.3 Å². The minimum atomic E-state index is -1.76. The van der Waals surface area contributed by atoms with Gasteiger partial charge in [-0.2, -0.15) is 0 Å². The van der Waals surface area contributed by atoms with Crippen LogP contribution in [0.4, 0.5) is 0 Å². The maximum atomic E-state index is 12.5. The van der Waals surface area contributed by atoms with Crippen molar-refractivity contribution in [3.05, 3.63) is 24.3 Å². The standard InChI is InChI=1S/C31H52O7/c1-4-22-36-30(2,3)20-13-17-26-16-12-15-25(26)14-6-5-9-21-31(29(32)33,37-27-18-7-10-23-34-27)38-28-19-8-11-24-35-28/h5-6,13,17,25-28H,4,7-12,14-16,18-24H2,1-3H3,(H,32,33)/b6-5-,17-13+/t25-,26+,27?,28?,31?/m0/s1. The Morgan fingerprint density at radius 2 is 1.61 bits per heavy atom. The maximum Gasteiger partial charge on any atom is 0.364 e. The molecule has 3 rings (SSSR count). The van der Waals surface area contributed by atoms with Gasteiger partial charge in [-0.3, -0.25) is 0 Å². The van der Waals surface area contributed by atoms with Crippen LogP contribution in [0.5, 0.6) is 0 Å². The molecule has 3 aliphatic rings. The minimum Gasteiger partial charge on any atom is -0.477 e. The highest BCUT2D eigenvalue weighted by atomic mass is 16.8. The predicted molar refractivity (Wildman–Crippen MR) is 148 cm³/mol. The van der Waals surface area contributed by atoms with Gasteiger partial charge in [0.25, 0.3) is 5.79 Å². The van der Waals surface area contributed by atoms with Crippen LogP contribution in [0, 0.1) is 11.8 Å². The first-order valence-corrected chi connectivity index (χ1v) is 15.1. The van der Waals surface area contributed by atoms with Gasteiger partial charge in [-0.05, 0) is 103 Å². The first-order chi connectivity index (χ1) is 18.3. The lowest BCUT2D eigenvalue weighted by Gasteiger charge is -2.37. The van der Waals surface area contributed by atoms with Gasteiger partial charge >= 0.3 is 5.97 Å². The fourth-order valence-electron chi connectivity index (χ4n) is 5.62.